The van der Waals surface area contributed by atoms with Crippen LogP contribution in [0, 0.1) is 0 Å². The van der Waals surface area contributed by atoms with Crippen molar-refractivity contribution >= 4 is 123 Å². The molecule has 25 heteroatoms. The van der Waals surface area contributed by atoms with Gasteiger partial charge in [-0.05, 0) is 60.7 Å². The van der Waals surface area contributed by atoms with Gasteiger partial charge in [0, 0.05) is 98.2 Å². The second kappa shape index (κ2) is 31.2. The summed E-state index contributed by atoms with van der Waals surface area (Å²) in [6.45, 7) is 12.8. The first-order chi connectivity index (χ1) is 38.1. The monoisotopic (exact) mass is 1240 g/mol. The molecule has 80 heavy (non-hydrogen) atoms. The number of amides is 4. The lowest BCUT2D eigenvalue weighted by atomic mass is 10.1. The van der Waals surface area contributed by atoms with E-state index in [-0.39, 0.29) is 48.7 Å². The molecule has 4 amide bonds. The zero-order valence-electron chi connectivity index (χ0n) is 43.7. The molecule has 0 bridgehead atoms. The lowest BCUT2D eigenvalue weighted by Gasteiger charge is -2.37. The number of aliphatic hydroxyl groups is 2. The maximum Gasteiger partial charge on any atom is 0.261 e. The first kappa shape index (κ1) is 64.6. The Kier molecular flexibility index (Phi) is 25.2. The van der Waals surface area contributed by atoms with Crippen molar-refractivity contribution < 1.29 is 34.1 Å². The number of carbonyl (C=O) groups is 4. The van der Waals surface area contributed by atoms with Crippen LogP contribution in [-0.2, 0) is 4.74 Å². The number of fused-ring (bicyclic) bond motifs is 2. The number of β-amino-alcohol motifs (C(OH)–C–C–N with tert-alkyl or cyclic N) is 2. The maximum absolute atomic E-state index is 12.4. The van der Waals surface area contributed by atoms with Crippen LogP contribution in [0.3, 0.4) is 0 Å². The van der Waals surface area contributed by atoms with Gasteiger partial charge in [-0.2, -0.15) is 0 Å². The van der Waals surface area contributed by atoms with E-state index in [0.717, 1.165) is 100 Å². The molecule has 3 atom stereocenters. The number of rotatable bonds is 12. The second-order valence-electron chi connectivity index (χ2n) is 19.1. The van der Waals surface area contributed by atoms with Crippen molar-refractivity contribution in [3.8, 4) is 0 Å². The number of carbonyl (C=O) groups excluding carboxylic acids is 4. The fraction of sp³-hybridized carbons (Fsp3) is 0.382. The fourth-order valence-corrected chi connectivity index (χ4v) is 10.8. The number of epoxide rings is 1. The Morgan fingerprint density at radius 1 is 0.487 bits per heavy atom. The van der Waals surface area contributed by atoms with Crippen LogP contribution in [0.25, 0.3) is 0 Å². The second-order valence-corrected chi connectivity index (χ2v) is 21.4. The van der Waals surface area contributed by atoms with Crippen molar-refractivity contribution in [2.24, 2.45) is 17.4 Å². The molecule has 5 aromatic rings. The van der Waals surface area contributed by atoms with Crippen LogP contribution in [-0.4, -0.2) is 190 Å². The van der Waals surface area contributed by atoms with Crippen molar-refractivity contribution in [2.75, 3.05) is 133 Å². The van der Waals surface area contributed by atoms with Gasteiger partial charge < -0.3 is 40.7 Å². The minimum atomic E-state index is -0.807. The number of benzene rings is 5. The van der Waals surface area contributed by atoms with Gasteiger partial charge in [0.1, 0.15) is 0 Å². The van der Waals surface area contributed by atoms with Crippen LogP contribution < -0.4 is 37.4 Å². The van der Waals surface area contributed by atoms with Crippen molar-refractivity contribution in [3.63, 3.8) is 0 Å². The smallest absolute Gasteiger partial charge is 0.261 e. The number of ether oxygens (including phenoxy) is 1. The molecule has 0 aromatic heterocycles. The van der Waals surface area contributed by atoms with Crippen LogP contribution in [0.2, 0.25) is 30.1 Å². The maximum atomic E-state index is 12.4. The Morgan fingerprint density at radius 3 is 1.18 bits per heavy atom. The number of nitrogens with zero attached hydrogens (tertiary/aromatic N) is 7. The lowest BCUT2D eigenvalue weighted by Crippen LogP contribution is -2.50. The summed E-state index contributed by atoms with van der Waals surface area (Å²) in [5, 5.41) is 26.9. The first-order valence-corrected chi connectivity index (χ1v) is 28.0. The highest BCUT2D eigenvalue weighted by Gasteiger charge is 2.39. The molecule has 6 heterocycles. The molecule has 18 nitrogen and oxygen atoms in total. The number of piperazine rings is 3. The normalized spacial score (nSPS) is 18.5. The van der Waals surface area contributed by atoms with Gasteiger partial charge in [0.2, 0.25) is 0 Å². The van der Waals surface area contributed by atoms with E-state index in [1.807, 2.05) is 42.5 Å². The predicted octanol–water partition coefficient (Wildman–Crippen LogP) is 6.53. The minimum absolute atomic E-state index is 0. The number of hydrogen-bond donors (Lipinski definition) is 6. The molecule has 9 N–H and O–H groups in total. The molecule has 4 fully saturated rings. The average molecular weight is 1240 g/mol. The Labute approximate surface area is 502 Å². The van der Waals surface area contributed by atoms with Crippen LogP contribution in [0.15, 0.2) is 103 Å². The molecule has 0 aliphatic carbocycles. The van der Waals surface area contributed by atoms with E-state index < -0.39 is 12.2 Å². The summed E-state index contributed by atoms with van der Waals surface area (Å²) in [4.78, 5) is 61.9. The Bertz CT molecular complexity index is 2820. The Hall–Kier alpha value is -4.55. The van der Waals surface area contributed by atoms with E-state index in [1.165, 1.54) is 4.90 Å². The fourth-order valence-electron chi connectivity index (χ4n) is 9.58. The SMILES string of the molecule is Cl.Clc1cccc(N2CCNCC2)c1Cl.NCC(O)CN1CCN(c2cccc(Cl)c2Cl)CC1.NN.O=C1c2ccccc2C(=O)N1CC(O)CN1CCN(c2cccc(Cl)c2Cl)CC1.O=C1c2ccccc2C(=O)N1CC1CO1. The number of imide groups is 2. The van der Waals surface area contributed by atoms with Gasteiger partial charge in [0.25, 0.3) is 23.6 Å². The lowest BCUT2D eigenvalue weighted by molar-refractivity contribution is 0.0468. The van der Waals surface area contributed by atoms with Gasteiger partial charge in [0.15, 0.2) is 0 Å². The molecule has 6 aliphatic rings. The molecule has 6 aliphatic heterocycles. The minimum Gasteiger partial charge on any atom is -0.390 e. The first-order valence-electron chi connectivity index (χ1n) is 25.8. The molecule has 5 aromatic carbocycles. The molecule has 0 spiro atoms. The van der Waals surface area contributed by atoms with E-state index >= 15 is 0 Å². The highest BCUT2D eigenvalue weighted by atomic mass is 35.5. The van der Waals surface area contributed by atoms with E-state index in [4.69, 9.17) is 80.1 Å². The molecule has 11 rings (SSSR count). The summed E-state index contributed by atoms with van der Waals surface area (Å²) >= 11 is 36.8. The summed E-state index contributed by atoms with van der Waals surface area (Å²) in [5.74, 6) is 6.91. The van der Waals surface area contributed by atoms with Gasteiger partial charge >= 0.3 is 0 Å². The van der Waals surface area contributed by atoms with Gasteiger partial charge in [0.05, 0.1) is 107 Å². The molecule has 0 radical (unpaired) electrons. The van der Waals surface area contributed by atoms with Crippen molar-refractivity contribution in [1.29, 1.82) is 0 Å². The predicted molar refractivity (Wildman–Crippen MR) is 322 cm³/mol. The number of hydrazine groups is 1. The number of halogens is 7. The van der Waals surface area contributed by atoms with Crippen molar-refractivity contribution in [3.05, 3.63) is 156 Å². The van der Waals surface area contributed by atoms with Gasteiger partial charge in [-0.25, -0.2) is 0 Å². The number of aliphatic hydroxyl groups excluding tert-OH is 2. The zero-order chi connectivity index (χ0) is 56.8. The van der Waals surface area contributed by atoms with Gasteiger partial charge in [-0.1, -0.05) is 112 Å². The van der Waals surface area contributed by atoms with E-state index in [2.05, 4.69) is 41.5 Å². The van der Waals surface area contributed by atoms with Crippen LogP contribution in [0.1, 0.15) is 41.4 Å². The Balaban J connectivity index is 0.000000177. The third-order valence-corrected chi connectivity index (χ3v) is 16.3. The summed E-state index contributed by atoms with van der Waals surface area (Å²) in [6, 6.07) is 30.7. The zero-order valence-corrected chi connectivity index (χ0v) is 49.1. The standard InChI is InChI=1S/C21H21Cl2N3O3.C13H19Cl2N3O.C11H9NO3.C10H12Cl2N2.ClH.H4N2/c22-17-6-3-7-18(19(17)23)25-10-8-24(9-11-25)12-14(27)13-26-20(28)15-4-1-2-5-16(15)21(26)29;14-11-2-1-3-12(13(11)15)18-6-4-17(5-7-18)9-10(19)8-16;13-10-8-3-1-2-4-9(8)11(14)12(10)5-7-6-15-7;11-8-2-1-3-9(10(8)12)14-6-4-13-5-7-14;;1-2/h1-7,14,27H,8-13H2;1-3,10,19H,4-9,16H2;1-4,7H,5-6H2;1-3,13H,4-7H2;1H;1-2H2. The number of nitrogens with one attached hydrogen (secondary N) is 1. The molecule has 432 valence electrons. The summed E-state index contributed by atoms with van der Waals surface area (Å²) in [5.41, 5.74) is 10.2. The number of anilines is 3. The topological polar surface area (TPSA) is 234 Å². The van der Waals surface area contributed by atoms with Gasteiger partial charge in [-0.15, -0.1) is 12.4 Å². The van der Waals surface area contributed by atoms with Crippen LogP contribution >= 0.6 is 82.0 Å². The van der Waals surface area contributed by atoms with Crippen LogP contribution in [0.5, 0.6) is 0 Å². The van der Waals surface area contributed by atoms with Gasteiger partial charge in [-0.3, -0.25) is 50.5 Å². The summed E-state index contributed by atoms with van der Waals surface area (Å²) in [6.07, 6.45) is -1.20. The molecular formula is C55H66Cl7N11O7. The quantitative estimate of drug-likeness (QED) is 0.0337. The number of nitrogens with two attached hydrogens (primary N) is 3. The van der Waals surface area contributed by atoms with E-state index in [9.17, 15) is 29.4 Å². The molecule has 4 saturated heterocycles. The Morgan fingerprint density at radius 2 is 0.825 bits per heavy atom. The van der Waals surface area contributed by atoms with Crippen LogP contribution in [0.4, 0.5) is 17.1 Å². The largest absolute Gasteiger partial charge is 0.390 e. The third kappa shape index (κ3) is 16.6. The number of hydrogen-bond acceptors (Lipinski definition) is 16. The van der Waals surface area contributed by atoms with Crippen molar-refractivity contribution in [2.45, 2.75) is 18.3 Å². The molecule has 3 unspecified atom stereocenters. The summed E-state index contributed by atoms with van der Waals surface area (Å²) < 4.78 is 5.02. The highest BCUT2D eigenvalue weighted by molar-refractivity contribution is 6.45. The highest BCUT2D eigenvalue weighted by Crippen LogP contribution is 2.35. The van der Waals surface area contributed by atoms with E-state index in [1.54, 1.807) is 60.7 Å². The van der Waals surface area contributed by atoms with Crippen molar-refractivity contribution in [1.82, 2.24) is 24.9 Å². The van der Waals surface area contributed by atoms with E-state index in [0.29, 0.717) is 85.2 Å². The molecular weight excluding hydrogens is 1170 g/mol. The molecule has 0 saturated carbocycles. The average Bonchev–Trinajstić information content (AvgIpc) is 4.30. The third-order valence-electron chi connectivity index (χ3n) is 13.8. The summed E-state index contributed by atoms with van der Waals surface area (Å²) in [7, 11) is 0.